The molecule has 1 N–H and O–H groups in total. The van der Waals surface area contributed by atoms with E-state index in [1.54, 1.807) is 35.7 Å². The van der Waals surface area contributed by atoms with Gasteiger partial charge in [-0.3, -0.25) is 14.6 Å². The summed E-state index contributed by atoms with van der Waals surface area (Å²) in [6, 6.07) is 14.6. The van der Waals surface area contributed by atoms with Crippen molar-refractivity contribution in [3.05, 3.63) is 82.3 Å². The van der Waals surface area contributed by atoms with E-state index in [4.69, 9.17) is 4.74 Å². The molecule has 34 heavy (non-hydrogen) atoms. The summed E-state index contributed by atoms with van der Waals surface area (Å²) in [5, 5.41) is 5.21. The van der Waals surface area contributed by atoms with Crippen molar-refractivity contribution >= 4 is 23.2 Å². The van der Waals surface area contributed by atoms with Crippen LogP contribution in [0.3, 0.4) is 0 Å². The number of thiophene rings is 1. The lowest BCUT2D eigenvalue weighted by Crippen LogP contribution is -2.47. The first-order valence-corrected chi connectivity index (χ1v) is 12.7. The molecule has 0 radical (unpaired) electrons. The fourth-order valence-corrected chi connectivity index (χ4v) is 5.16. The fourth-order valence-electron chi connectivity index (χ4n) is 4.46. The van der Waals surface area contributed by atoms with Crippen molar-refractivity contribution in [2.45, 2.75) is 57.2 Å². The molecule has 0 spiro atoms. The van der Waals surface area contributed by atoms with Crippen LogP contribution >= 0.6 is 11.3 Å². The van der Waals surface area contributed by atoms with Crippen molar-refractivity contribution in [1.82, 2.24) is 15.2 Å². The average molecular weight is 478 g/mol. The minimum atomic E-state index is -0.737. The van der Waals surface area contributed by atoms with Crippen molar-refractivity contribution in [3.8, 4) is 5.75 Å². The molecule has 3 aromatic rings. The van der Waals surface area contributed by atoms with E-state index in [0.717, 1.165) is 47.4 Å². The Hall–Kier alpha value is -3.19. The molecular formula is C27H31N3O3S. The number of carbonyl (C=O) groups is 2. The Bertz CT molecular complexity index is 1050. The third kappa shape index (κ3) is 6.23. The van der Waals surface area contributed by atoms with Crippen molar-refractivity contribution in [1.29, 1.82) is 0 Å². The zero-order valence-corrected chi connectivity index (χ0v) is 20.3. The van der Waals surface area contributed by atoms with Crippen LogP contribution in [-0.2, 0) is 22.6 Å². The molecule has 1 fully saturated rings. The topological polar surface area (TPSA) is 71.5 Å². The van der Waals surface area contributed by atoms with Crippen LogP contribution < -0.4 is 10.1 Å². The lowest BCUT2D eigenvalue weighted by molar-refractivity contribution is -0.141. The molecule has 1 atom stereocenters. The number of rotatable bonds is 9. The van der Waals surface area contributed by atoms with Crippen molar-refractivity contribution in [2.24, 2.45) is 0 Å². The Balaban J connectivity index is 1.66. The minimum Gasteiger partial charge on any atom is -0.497 e. The number of nitrogens with one attached hydrogen (secondary N) is 1. The van der Waals surface area contributed by atoms with Crippen LogP contribution in [-0.4, -0.2) is 34.8 Å². The largest absolute Gasteiger partial charge is 0.497 e. The Morgan fingerprint density at radius 2 is 1.82 bits per heavy atom. The molecule has 0 unspecified atom stereocenters. The van der Waals surface area contributed by atoms with Gasteiger partial charge in [-0.2, -0.15) is 0 Å². The van der Waals surface area contributed by atoms with Crippen molar-refractivity contribution in [3.63, 3.8) is 0 Å². The number of hydrogen-bond donors (Lipinski definition) is 1. The first kappa shape index (κ1) is 24.0. The highest BCUT2D eigenvalue weighted by Gasteiger charge is 2.33. The highest BCUT2D eigenvalue weighted by atomic mass is 32.1. The molecule has 178 valence electrons. The molecule has 1 aromatic carbocycles. The summed E-state index contributed by atoms with van der Waals surface area (Å²) >= 11 is 1.55. The predicted octanol–water partition coefficient (Wildman–Crippen LogP) is 4.91. The zero-order chi connectivity index (χ0) is 23.8. The van der Waals surface area contributed by atoms with E-state index in [0.29, 0.717) is 6.54 Å². The maximum Gasteiger partial charge on any atom is 0.247 e. The molecule has 2 heterocycles. The molecular weight excluding hydrogens is 446 g/mol. The number of amides is 2. The first-order chi connectivity index (χ1) is 16.6. The van der Waals surface area contributed by atoms with Crippen LogP contribution in [0.5, 0.6) is 5.75 Å². The van der Waals surface area contributed by atoms with Crippen LogP contribution in [0.4, 0.5) is 0 Å². The van der Waals surface area contributed by atoms with Gasteiger partial charge in [0.25, 0.3) is 0 Å². The van der Waals surface area contributed by atoms with Crippen LogP contribution in [0, 0.1) is 0 Å². The maximum absolute atomic E-state index is 13.7. The highest BCUT2D eigenvalue weighted by Crippen LogP contribution is 2.27. The number of carbonyl (C=O) groups excluding carboxylic acids is 2. The fraction of sp³-hybridized carbons (Fsp3) is 0.370. The van der Waals surface area contributed by atoms with Crippen LogP contribution in [0.1, 0.15) is 54.1 Å². The number of ether oxygens (including phenoxy) is 1. The summed E-state index contributed by atoms with van der Waals surface area (Å²) in [7, 11) is 1.63. The summed E-state index contributed by atoms with van der Waals surface area (Å²) in [6.45, 7) is 0.319. The highest BCUT2D eigenvalue weighted by molar-refractivity contribution is 7.10. The molecule has 0 aliphatic heterocycles. The van der Waals surface area contributed by atoms with Gasteiger partial charge in [0.1, 0.15) is 11.8 Å². The van der Waals surface area contributed by atoms with E-state index < -0.39 is 6.04 Å². The molecule has 1 aliphatic carbocycles. The zero-order valence-electron chi connectivity index (χ0n) is 19.5. The minimum absolute atomic E-state index is 0.0844. The molecule has 0 bridgehead atoms. The van der Waals surface area contributed by atoms with Gasteiger partial charge in [0.15, 0.2) is 0 Å². The van der Waals surface area contributed by atoms with Crippen LogP contribution in [0.2, 0.25) is 0 Å². The molecule has 6 nitrogen and oxygen atoms in total. The Labute approximate surface area is 205 Å². The second-order valence-electron chi connectivity index (χ2n) is 8.65. The quantitative estimate of drug-likeness (QED) is 0.475. The standard InChI is InChI=1S/C27H31N3O3S/c1-33-23-11-9-20(10-12-23)19-30(25(31)18-24-8-5-17-34-24)26(21-13-15-28-16-14-21)27(32)29-22-6-3-2-4-7-22/h5,8-17,22,26H,2-4,6-7,18-19H2,1H3,(H,29,32)/t26-/m0/s1. The lowest BCUT2D eigenvalue weighted by atomic mass is 9.94. The van der Waals surface area contributed by atoms with Crippen molar-refractivity contribution < 1.29 is 14.3 Å². The summed E-state index contributed by atoms with van der Waals surface area (Å²) in [6.07, 6.45) is 9.02. The lowest BCUT2D eigenvalue weighted by Gasteiger charge is -2.33. The van der Waals surface area contributed by atoms with Crippen molar-refractivity contribution in [2.75, 3.05) is 7.11 Å². The normalized spacial score (nSPS) is 14.9. The molecule has 0 saturated heterocycles. The molecule has 1 aliphatic rings. The van der Waals surface area contributed by atoms with Gasteiger partial charge < -0.3 is 15.0 Å². The summed E-state index contributed by atoms with van der Waals surface area (Å²) in [5.41, 5.74) is 1.70. The van der Waals surface area contributed by atoms with E-state index in [1.165, 1.54) is 6.42 Å². The van der Waals surface area contributed by atoms with Gasteiger partial charge in [-0.05, 0) is 59.7 Å². The maximum atomic E-state index is 13.7. The van der Waals surface area contributed by atoms with Gasteiger partial charge in [0, 0.05) is 29.9 Å². The molecule has 4 rings (SSSR count). The Morgan fingerprint density at radius 1 is 1.09 bits per heavy atom. The van der Waals surface area contributed by atoms with E-state index in [9.17, 15) is 9.59 Å². The third-order valence-corrected chi connectivity index (χ3v) is 7.15. The first-order valence-electron chi connectivity index (χ1n) is 11.8. The number of nitrogens with zero attached hydrogens (tertiary/aromatic N) is 2. The average Bonchev–Trinajstić information content (AvgIpc) is 3.38. The van der Waals surface area contributed by atoms with Gasteiger partial charge >= 0.3 is 0 Å². The summed E-state index contributed by atoms with van der Waals surface area (Å²) in [4.78, 5) is 34.2. The second-order valence-corrected chi connectivity index (χ2v) is 9.68. The van der Waals surface area contributed by atoms with E-state index in [1.807, 2.05) is 53.9 Å². The van der Waals surface area contributed by atoms with E-state index in [2.05, 4.69) is 10.3 Å². The second kappa shape index (κ2) is 11.8. The number of aromatic nitrogens is 1. The third-order valence-electron chi connectivity index (χ3n) is 6.27. The number of benzene rings is 1. The summed E-state index contributed by atoms with van der Waals surface area (Å²) in [5.74, 6) is 0.533. The Kier molecular flexibility index (Phi) is 8.31. The van der Waals surface area contributed by atoms with Gasteiger partial charge in [-0.1, -0.05) is 37.5 Å². The molecule has 2 amide bonds. The number of hydrogen-bond acceptors (Lipinski definition) is 5. The van der Waals surface area contributed by atoms with E-state index in [-0.39, 0.29) is 24.3 Å². The number of pyridine rings is 1. The van der Waals surface area contributed by atoms with Crippen LogP contribution in [0.25, 0.3) is 0 Å². The SMILES string of the molecule is COc1ccc(CN(C(=O)Cc2cccs2)[C@H](C(=O)NC2CCCCC2)c2ccncc2)cc1. The summed E-state index contributed by atoms with van der Waals surface area (Å²) < 4.78 is 5.28. The van der Waals surface area contributed by atoms with Gasteiger partial charge in [-0.15, -0.1) is 11.3 Å². The molecule has 1 saturated carbocycles. The van der Waals surface area contributed by atoms with Gasteiger partial charge in [0.2, 0.25) is 11.8 Å². The molecule has 7 heteroatoms. The number of methoxy groups -OCH3 is 1. The van der Waals surface area contributed by atoms with Gasteiger partial charge in [-0.25, -0.2) is 0 Å². The smallest absolute Gasteiger partial charge is 0.247 e. The van der Waals surface area contributed by atoms with E-state index >= 15 is 0 Å². The van der Waals surface area contributed by atoms with Crippen LogP contribution in [0.15, 0.2) is 66.3 Å². The Morgan fingerprint density at radius 3 is 2.47 bits per heavy atom. The van der Waals surface area contributed by atoms with Gasteiger partial charge in [0.05, 0.1) is 13.5 Å². The molecule has 2 aromatic heterocycles. The monoisotopic (exact) mass is 477 g/mol. The predicted molar refractivity (Wildman–Crippen MR) is 134 cm³/mol.